The van der Waals surface area contributed by atoms with Crippen LogP contribution in [0.4, 0.5) is 0 Å². The monoisotopic (exact) mass is 637 g/mol. The Kier molecular flexibility index (Phi) is 5.63. The SMILES string of the molecule is c1ccc(-c2ccc(-n3c4ccc5cccc6oc7cccc8ccc3c(c87)c4c56)c(-c3nc4ccccc4nc3-c3ccccc3)c2)cc1. The molecule has 50 heavy (non-hydrogen) atoms. The van der Waals surface area contributed by atoms with Gasteiger partial charge in [0.05, 0.1) is 39.1 Å². The van der Waals surface area contributed by atoms with Crippen molar-refractivity contribution in [3.63, 3.8) is 0 Å². The molecule has 0 N–H and O–H groups in total. The number of hydrogen-bond acceptors (Lipinski definition) is 3. The van der Waals surface area contributed by atoms with Gasteiger partial charge in [-0.3, -0.25) is 0 Å². The summed E-state index contributed by atoms with van der Waals surface area (Å²) in [7, 11) is 0. The number of benzene rings is 8. The average Bonchev–Trinajstić information content (AvgIpc) is 3.44. The van der Waals surface area contributed by atoms with Crippen LogP contribution in [0.5, 0.6) is 0 Å². The second-order valence-corrected chi connectivity index (χ2v) is 12.9. The number of rotatable bonds is 4. The van der Waals surface area contributed by atoms with Gasteiger partial charge in [-0.1, -0.05) is 115 Å². The summed E-state index contributed by atoms with van der Waals surface area (Å²) >= 11 is 0. The highest BCUT2D eigenvalue weighted by atomic mass is 16.3. The first-order valence-corrected chi connectivity index (χ1v) is 16.9. The normalized spacial score (nSPS) is 12.0. The van der Waals surface area contributed by atoms with Gasteiger partial charge in [-0.05, 0) is 70.4 Å². The summed E-state index contributed by atoms with van der Waals surface area (Å²) in [6.07, 6.45) is 0. The fourth-order valence-electron chi connectivity index (χ4n) is 7.94. The van der Waals surface area contributed by atoms with E-state index < -0.39 is 0 Å². The Labute approximate surface area is 286 Å². The predicted molar refractivity (Wildman–Crippen MR) is 206 cm³/mol. The molecule has 3 aromatic heterocycles. The fourth-order valence-corrected chi connectivity index (χ4v) is 7.94. The van der Waals surface area contributed by atoms with Crippen molar-refractivity contribution < 1.29 is 4.42 Å². The molecule has 0 radical (unpaired) electrons. The molecular weight excluding hydrogens is 611 g/mol. The molecule has 0 spiro atoms. The first-order valence-electron chi connectivity index (χ1n) is 16.9. The van der Waals surface area contributed by atoms with E-state index in [1.807, 2.05) is 24.3 Å². The summed E-state index contributed by atoms with van der Waals surface area (Å²) in [6.45, 7) is 0. The molecule has 11 aromatic rings. The second kappa shape index (κ2) is 10.4. The molecule has 0 fully saturated rings. The van der Waals surface area contributed by atoms with Crippen LogP contribution in [0.15, 0.2) is 168 Å². The van der Waals surface area contributed by atoms with Crippen LogP contribution in [0.25, 0.3) is 105 Å². The maximum Gasteiger partial charge on any atom is 0.135 e. The molecule has 3 heterocycles. The van der Waals surface area contributed by atoms with Gasteiger partial charge in [0.1, 0.15) is 11.2 Å². The molecule has 0 atom stereocenters. The van der Waals surface area contributed by atoms with Crippen LogP contribution in [-0.2, 0) is 0 Å². The summed E-state index contributed by atoms with van der Waals surface area (Å²) in [5.41, 5.74) is 12.8. The highest BCUT2D eigenvalue weighted by Gasteiger charge is 2.24. The second-order valence-electron chi connectivity index (χ2n) is 12.9. The fraction of sp³-hybridized carbons (Fsp3) is 0. The van der Waals surface area contributed by atoms with Crippen LogP contribution >= 0.6 is 0 Å². The molecular formula is C46H27N3O. The van der Waals surface area contributed by atoms with E-state index in [0.717, 1.165) is 94.1 Å². The molecule has 0 unspecified atom stereocenters. The number of aromatic nitrogens is 3. The van der Waals surface area contributed by atoms with Gasteiger partial charge < -0.3 is 8.98 Å². The van der Waals surface area contributed by atoms with Crippen LogP contribution < -0.4 is 0 Å². The lowest BCUT2D eigenvalue weighted by Crippen LogP contribution is -2.02. The molecule has 0 aliphatic heterocycles. The van der Waals surface area contributed by atoms with Crippen molar-refractivity contribution in [1.29, 1.82) is 0 Å². The van der Waals surface area contributed by atoms with Crippen molar-refractivity contribution in [2.75, 3.05) is 0 Å². The third-order valence-corrected chi connectivity index (χ3v) is 10.1. The van der Waals surface area contributed by atoms with E-state index in [4.69, 9.17) is 14.4 Å². The minimum absolute atomic E-state index is 0.844. The number of fused-ring (bicyclic) bond motifs is 1. The molecule has 0 saturated carbocycles. The first-order chi connectivity index (χ1) is 24.8. The van der Waals surface area contributed by atoms with Gasteiger partial charge in [-0.2, -0.15) is 0 Å². The summed E-state index contributed by atoms with van der Waals surface area (Å²) < 4.78 is 9.13. The Balaban J connectivity index is 1.33. The van der Waals surface area contributed by atoms with E-state index in [0.29, 0.717) is 0 Å². The van der Waals surface area contributed by atoms with Gasteiger partial charge >= 0.3 is 0 Å². The highest BCUT2D eigenvalue weighted by Crippen LogP contribution is 2.46. The van der Waals surface area contributed by atoms with E-state index >= 15 is 0 Å². The van der Waals surface area contributed by atoms with Crippen LogP contribution in [0.2, 0.25) is 0 Å². The van der Waals surface area contributed by atoms with Crippen LogP contribution in [0, 0.1) is 0 Å². The minimum Gasteiger partial charge on any atom is -0.456 e. The number of para-hydroxylation sites is 2. The quantitative estimate of drug-likeness (QED) is 0.193. The van der Waals surface area contributed by atoms with E-state index in [1.165, 1.54) is 10.8 Å². The molecule has 0 saturated heterocycles. The maximum absolute atomic E-state index is 6.70. The van der Waals surface area contributed by atoms with E-state index in [2.05, 4.69) is 144 Å². The van der Waals surface area contributed by atoms with Crippen molar-refractivity contribution in [1.82, 2.24) is 14.5 Å². The van der Waals surface area contributed by atoms with Gasteiger partial charge in [0.2, 0.25) is 0 Å². The lowest BCUT2D eigenvalue weighted by atomic mass is 9.97. The van der Waals surface area contributed by atoms with Crippen LogP contribution in [0.3, 0.4) is 0 Å². The van der Waals surface area contributed by atoms with Gasteiger partial charge in [0.15, 0.2) is 0 Å². The zero-order valence-corrected chi connectivity index (χ0v) is 26.8. The average molecular weight is 638 g/mol. The van der Waals surface area contributed by atoms with Crippen molar-refractivity contribution in [3.8, 4) is 39.3 Å². The molecule has 0 bridgehead atoms. The summed E-state index contributed by atoms with van der Waals surface area (Å²) in [6, 6.07) is 57.6. The Hall–Kier alpha value is -6.78. The topological polar surface area (TPSA) is 43.9 Å². The zero-order chi connectivity index (χ0) is 32.8. The number of hydrogen-bond donors (Lipinski definition) is 0. The largest absolute Gasteiger partial charge is 0.456 e. The van der Waals surface area contributed by atoms with Gasteiger partial charge in [-0.25, -0.2) is 9.97 Å². The van der Waals surface area contributed by atoms with Crippen LogP contribution in [-0.4, -0.2) is 14.5 Å². The van der Waals surface area contributed by atoms with Crippen molar-refractivity contribution in [2.45, 2.75) is 0 Å². The van der Waals surface area contributed by atoms with E-state index in [-0.39, 0.29) is 0 Å². The predicted octanol–water partition coefficient (Wildman–Crippen LogP) is 12.2. The lowest BCUT2D eigenvalue weighted by molar-refractivity contribution is 0.664. The zero-order valence-electron chi connectivity index (χ0n) is 26.8. The Morgan fingerprint density at radius 1 is 0.400 bits per heavy atom. The molecule has 0 aliphatic rings. The third-order valence-electron chi connectivity index (χ3n) is 10.1. The summed E-state index contributed by atoms with van der Waals surface area (Å²) in [4.78, 5) is 10.7. The summed E-state index contributed by atoms with van der Waals surface area (Å²) in [5.74, 6) is 0. The third kappa shape index (κ3) is 3.87. The Bertz CT molecular complexity index is 2980. The summed E-state index contributed by atoms with van der Waals surface area (Å²) in [5, 5.41) is 6.99. The highest BCUT2D eigenvalue weighted by molar-refractivity contribution is 6.33. The van der Waals surface area contributed by atoms with Crippen molar-refractivity contribution >= 4 is 65.6 Å². The Morgan fingerprint density at radius 3 is 1.58 bits per heavy atom. The van der Waals surface area contributed by atoms with Crippen LogP contribution in [0.1, 0.15) is 0 Å². The molecule has 0 aliphatic carbocycles. The van der Waals surface area contributed by atoms with E-state index in [1.54, 1.807) is 0 Å². The first kappa shape index (κ1) is 27.2. The smallest absolute Gasteiger partial charge is 0.135 e. The molecule has 4 heteroatoms. The lowest BCUT2D eigenvalue weighted by Gasteiger charge is -2.18. The molecule has 11 rings (SSSR count). The molecule has 4 nitrogen and oxygen atoms in total. The minimum atomic E-state index is 0.844. The standard InChI is InChI=1S/C46H27N3O/c1-3-11-28(12-4-1)32-23-24-36(33(27-32)46-45(31-13-5-2-6-14-31)47-34-17-7-8-18-35(34)48-46)49-37-25-21-29-15-9-19-39-41(29)43(37)44-38(49)26-22-30-16-10-20-40(50-39)42(30)44/h1-27H. The van der Waals surface area contributed by atoms with Crippen molar-refractivity contribution in [2.24, 2.45) is 0 Å². The Morgan fingerprint density at radius 2 is 0.960 bits per heavy atom. The molecule has 0 amide bonds. The maximum atomic E-state index is 6.70. The van der Waals surface area contributed by atoms with Gasteiger partial charge in [-0.15, -0.1) is 0 Å². The van der Waals surface area contributed by atoms with Gasteiger partial charge in [0.25, 0.3) is 0 Å². The van der Waals surface area contributed by atoms with E-state index in [9.17, 15) is 0 Å². The molecule has 8 aromatic carbocycles. The van der Waals surface area contributed by atoms with Crippen molar-refractivity contribution in [3.05, 3.63) is 164 Å². The molecule has 232 valence electrons. The number of nitrogens with zero attached hydrogens (tertiary/aromatic N) is 3. The van der Waals surface area contributed by atoms with Gasteiger partial charge in [0, 0.05) is 32.7 Å².